The van der Waals surface area contributed by atoms with Crippen LogP contribution in [-0.4, -0.2) is 47.1 Å². The van der Waals surface area contributed by atoms with Gasteiger partial charge in [-0.15, -0.1) is 0 Å². The summed E-state index contributed by atoms with van der Waals surface area (Å²) in [4.78, 5) is 64.0. The van der Waals surface area contributed by atoms with Crippen molar-refractivity contribution in [2.75, 3.05) is 6.61 Å². The monoisotopic (exact) mass is 573 g/mol. The van der Waals surface area contributed by atoms with Gasteiger partial charge in [0, 0.05) is 5.56 Å². The summed E-state index contributed by atoms with van der Waals surface area (Å²) in [6.07, 6.45) is 0.0212. The highest BCUT2D eigenvalue weighted by atomic mass is 35.5. The van der Waals surface area contributed by atoms with Gasteiger partial charge in [0.25, 0.3) is 23.6 Å². The second-order valence-electron chi connectivity index (χ2n) is 8.11. The Hall–Kier alpha value is -2.85. The minimum Gasteiger partial charge on any atom is -0.454 e. The van der Waals surface area contributed by atoms with Crippen molar-refractivity contribution in [3.05, 3.63) is 67.1 Å². The third-order valence-electron chi connectivity index (χ3n) is 5.11. The Morgan fingerprint density at radius 2 is 1.39 bits per heavy atom. The van der Waals surface area contributed by atoms with E-state index in [1.54, 1.807) is 44.2 Å². The fraction of sp³-hybridized carbons (Fsp3) is 0.261. The fourth-order valence-corrected chi connectivity index (χ4v) is 4.47. The van der Waals surface area contributed by atoms with Gasteiger partial charge in [0.15, 0.2) is 6.61 Å². The lowest BCUT2D eigenvalue weighted by Crippen LogP contribution is -2.48. The summed E-state index contributed by atoms with van der Waals surface area (Å²) in [6.45, 7) is 2.74. The summed E-state index contributed by atoms with van der Waals surface area (Å²) in [6, 6.07) is 6.71. The third-order valence-corrected chi connectivity index (χ3v) is 6.91. The molecule has 0 aromatic heterocycles. The third kappa shape index (κ3) is 5.59. The number of imide groups is 1. The van der Waals surface area contributed by atoms with Gasteiger partial charge in [0.2, 0.25) is 0 Å². The van der Waals surface area contributed by atoms with Crippen molar-refractivity contribution in [2.45, 2.75) is 26.3 Å². The van der Waals surface area contributed by atoms with E-state index in [1.165, 1.54) is 0 Å². The Bertz CT molecular complexity index is 1210. The summed E-state index contributed by atoms with van der Waals surface area (Å²) >= 11 is 24.4. The molecule has 1 aliphatic heterocycles. The van der Waals surface area contributed by atoms with Gasteiger partial charge in [-0.3, -0.25) is 34.9 Å². The van der Waals surface area contributed by atoms with E-state index in [0.29, 0.717) is 10.5 Å². The van der Waals surface area contributed by atoms with E-state index in [4.69, 9.17) is 51.1 Å². The van der Waals surface area contributed by atoms with Gasteiger partial charge in [-0.05, 0) is 24.5 Å². The van der Waals surface area contributed by atoms with E-state index in [2.05, 4.69) is 10.9 Å². The van der Waals surface area contributed by atoms with E-state index in [9.17, 15) is 24.0 Å². The molecule has 1 heterocycles. The lowest BCUT2D eigenvalue weighted by Gasteiger charge is -2.25. The number of amides is 4. The van der Waals surface area contributed by atoms with Crippen LogP contribution in [0.25, 0.3) is 0 Å². The summed E-state index contributed by atoms with van der Waals surface area (Å²) in [7, 11) is 0. The van der Waals surface area contributed by atoms with Crippen LogP contribution in [0.4, 0.5) is 0 Å². The van der Waals surface area contributed by atoms with Gasteiger partial charge in [-0.1, -0.05) is 78.5 Å². The molecule has 0 aliphatic carbocycles. The molecule has 13 heteroatoms. The molecular formula is C23H19Cl4N3O6. The second kappa shape index (κ2) is 11.5. The molecule has 0 spiro atoms. The van der Waals surface area contributed by atoms with E-state index < -0.39 is 42.2 Å². The summed E-state index contributed by atoms with van der Waals surface area (Å²) in [5.74, 6) is -4.41. The number of carbonyl (C=O) groups is 5. The number of fused-ring (bicyclic) bond motifs is 1. The number of esters is 1. The van der Waals surface area contributed by atoms with Crippen LogP contribution >= 0.6 is 46.4 Å². The van der Waals surface area contributed by atoms with Crippen LogP contribution in [0.15, 0.2) is 30.3 Å². The Morgan fingerprint density at radius 1 is 0.861 bits per heavy atom. The van der Waals surface area contributed by atoms with Crippen molar-refractivity contribution in [2.24, 2.45) is 5.92 Å². The average molecular weight is 575 g/mol. The zero-order chi connectivity index (χ0) is 26.7. The molecule has 3 rings (SSSR count). The number of carbonyl (C=O) groups excluding carboxylic acids is 5. The summed E-state index contributed by atoms with van der Waals surface area (Å²) in [5, 5.41) is -0.955. The van der Waals surface area contributed by atoms with Crippen LogP contribution < -0.4 is 10.9 Å². The minimum atomic E-state index is -1.39. The molecule has 9 nitrogen and oxygen atoms in total. The molecule has 36 heavy (non-hydrogen) atoms. The molecular weight excluding hydrogens is 556 g/mol. The number of rotatable bonds is 7. The maximum absolute atomic E-state index is 13.1. The summed E-state index contributed by atoms with van der Waals surface area (Å²) < 4.78 is 5.05. The number of nitrogens with one attached hydrogen (secondary N) is 2. The van der Waals surface area contributed by atoms with Crippen molar-refractivity contribution < 1.29 is 28.7 Å². The highest BCUT2D eigenvalue weighted by Crippen LogP contribution is 2.45. The van der Waals surface area contributed by atoms with Crippen LogP contribution in [0.5, 0.6) is 0 Å². The lowest BCUT2D eigenvalue weighted by molar-refractivity contribution is -0.153. The molecule has 2 aromatic rings. The van der Waals surface area contributed by atoms with Crippen LogP contribution in [0.1, 0.15) is 51.3 Å². The highest BCUT2D eigenvalue weighted by molar-refractivity contribution is 6.55. The zero-order valence-electron chi connectivity index (χ0n) is 18.9. The van der Waals surface area contributed by atoms with Crippen molar-refractivity contribution in [1.82, 2.24) is 15.8 Å². The fourth-order valence-electron chi connectivity index (χ4n) is 3.46. The van der Waals surface area contributed by atoms with Crippen LogP contribution in [-0.2, 0) is 14.3 Å². The molecule has 0 unspecified atom stereocenters. The van der Waals surface area contributed by atoms with E-state index in [1.807, 2.05) is 0 Å². The van der Waals surface area contributed by atoms with Crippen LogP contribution in [0.3, 0.4) is 0 Å². The number of benzene rings is 2. The van der Waals surface area contributed by atoms with E-state index >= 15 is 0 Å². The van der Waals surface area contributed by atoms with Gasteiger partial charge in [0.1, 0.15) is 6.04 Å². The number of hydrogen-bond donors (Lipinski definition) is 2. The topological polar surface area (TPSA) is 122 Å². The molecule has 2 aromatic carbocycles. The molecule has 0 saturated carbocycles. The maximum atomic E-state index is 13.1. The first-order chi connectivity index (χ1) is 17.0. The predicted octanol–water partition coefficient (Wildman–Crippen LogP) is 4.32. The minimum absolute atomic E-state index is 0.0212. The largest absolute Gasteiger partial charge is 0.454 e. The maximum Gasteiger partial charge on any atom is 0.329 e. The first-order valence-electron chi connectivity index (χ1n) is 10.5. The molecule has 1 atom stereocenters. The number of ether oxygens (including phenoxy) is 1. The number of halogens is 4. The quantitative estimate of drug-likeness (QED) is 0.167. The first kappa shape index (κ1) is 27.7. The van der Waals surface area contributed by atoms with Crippen molar-refractivity contribution in [3.8, 4) is 0 Å². The van der Waals surface area contributed by atoms with Crippen molar-refractivity contribution >= 4 is 76.0 Å². The van der Waals surface area contributed by atoms with Crippen molar-refractivity contribution in [3.63, 3.8) is 0 Å². The van der Waals surface area contributed by atoms with E-state index in [0.717, 1.165) is 0 Å². The molecule has 190 valence electrons. The van der Waals surface area contributed by atoms with Gasteiger partial charge < -0.3 is 4.74 Å². The molecule has 0 bridgehead atoms. The SMILES string of the molecule is CC(C)C[C@@H](C(=O)OCC(=O)NNC(=O)c1ccccc1)N1C(=O)c2c(Cl)c(Cl)c(Cl)c(Cl)c2C1=O. The van der Waals surface area contributed by atoms with Crippen LogP contribution in [0, 0.1) is 5.92 Å². The van der Waals surface area contributed by atoms with Crippen molar-refractivity contribution in [1.29, 1.82) is 0 Å². The standard InChI is InChI=1S/C23H19Cl4N3O6/c1-10(2)8-12(23(35)36-9-13(31)28-29-20(32)11-6-4-3-5-7-11)30-21(33)14-15(22(30)34)17(25)19(27)18(26)16(14)24/h3-7,10,12H,8-9H2,1-2H3,(H,28,31)(H,29,32)/t12-/m0/s1. The Morgan fingerprint density at radius 3 is 1.89 bits per heavy atom. The first-order valence-corrected chi connectivity index (χ1v) is 12.0. The highest BCUT2D eigenvalue weighted by Gasteiger charge is 2.47. The number of nitrogens with zero attached hydrogens (tertiary/aromatic N) is 1. The molecule has 0 fully saturated rings. The predicted molar refractivity (Wildman–Crippen MR) is 133 cm³/mol. The number of hydrogen-bond acceptors (Lipinski definition) is 6. The van der Waals surface area contributed by atoms with E-state index in [-0.39, 0.29) is 43.6 Å². The van der Waals surface area contributed by atoms with Gasteiger partial charge in [0.05, 0.1) is 31.2 Å². The molecule has 0 saturated heterocycles. The Kier molecular flexibility index (Phi) is 8.84. The molecule has 2 N–H and O–H groups in total. The average Bonchev–Trinajstić information content (AvgIpc) is 3.11. The zero-order valence-corrected chi connectivity index (χ0v) is 21.9. The van der Waals surface area contributed by atoms with Gasteiger partial charge >= 0.3 is 5.97 Å². The Balaban J connectivity index is 1.73. The molecule has 4 amide bonds. The van der Waals surface area contributed by atoms with Crippen LogP contribution in [0.2, 0.25) is 20.1 Å². The smallest absolute Gasteiger partial charge is 0.329 e. The van der Waals surface area contributed by atoms with Gasteiger partial charge in [-0.25, -0.2) is 4.79 Å². The number of hydrazine groups is 1. The Labute approximate surface area is 225 Å². The second-order valence-corrected chi connectivity index (χ2v) is 9.62. The summed E-state index contributed by atoms with van der Waals surface area (Å²) in [5.41, 5.74) is 4.06. The lowest BCUT2D eigenvalue weighted by atomic mass is 10.0. The van der Waals surface area contributed by atoms with Gasteiger partial charge in [-0.2, -0.15) is 0 Å². The molecule has 0 radical (unpaired) electrons. The molecule has 1 aliphatic rings. The normalized spacial score (nSPS) is 13.5.